The highest BCUT2D eigenvalue weighted by Gasteiger charge is 2.22. The molecule has 0 aliphatic carbocycles. The summed E-state index contributed by atoms with van der Waals surface area (Å²) in [5.41, 5.74) is 14.2. The van der Waals surface area contributed by atoms with Gasteiger partial charge in [0.2, 0.25) is 41.1 Å². The summed E-state index contributed by atoms with van der Waals surface area (Å²) in [6, 6.07) is 66.7. The fourth-order valence-corrected chi connectivity index (χ4v) is 10.6. The predicted molar refractivity (Wildman–Crippen MR) is 351 cm³/mol. The van der Waals surface area contributed by atoms with Crippen molar-refractivity contribution in [3.8, 4) is 91.7 Å². The predicted octanol–water partition coefficient (Wildman–Crippen LogP) is 18.7. The minimum absolute atomic E-state index is 0.0254. The van der Waals surface area contributed by atoms with E-state index in [2.05, 4.69) is 152 Å². The van der Waals surface area contributed by atoms with Crippen LogP contribution in [-0.2, 0) is 42.7 Å². The standard InChI is InChI=1S/C76H69N7O7/c1-74(2,3)57-32-26-54(27-33-57)71-81-78-68(88-71)51-20-14-47(15-21-51)43-85-65-40-50(46-84-60-38-39-62-61-12-10-11-13-63(61)77-64(62)42-60)41-66(86-44-48-16-22-52(23-17-48)69-79-82-72(89-69)55-28-34-58(35-29-55)75(4,5)6)67(65)87-45-49-18-24-53(25-19-49)70-80-83-73(90-70)56-30-36-59(37-31-56)76(7,8)9/h10-42,77H,43-46H2,1-9H3. The second-order valence-corrected chi connectivity index (χ2v) is 25.8. The Balaban J connectivity index is 0.785. The fourth-order valence-electron chi connectivity index (χ4n) is 10.6. The smallest absolute Gasteiger partial charge is 0.248 e. The number of rotatable bonds is 18. The molecule has 0 fully saturated rings. The number of hydrogen-bond donors (Lipinski definition) is 1. The molecule has 0 saturated carbocycles. The van der Waals surface area contributed by atoms with Crippen LogP contribution < -0.4 is 18.9 Å². The highest BCUT2D eigenvalue weighted by molar-refractivity contribution is 6.07. The maximum Gasteiger partial charge on any atom is 0.248 e. The number of benzene rings is 9. The number of para-hydroxylation sites is 1. The van der Waals surface area contributed by atoms with Crippen LogP contribution in [0.3, 0.4) is 0 Å². The molecule has 0 spiro atoms. The maximum absolute atomic E-state index is 6.84. The van der Waals surface area contributed by atoms with Crippen molar-refractivity contribution in [1.82, 2.24) is 35.6 Å². The van der Waals surface area contributed by atoms with Gasteiger partial charge in [-0.2, -0.15) is 0 Å². The summed E-state index contributed by atoms with van der Waals surface area (Å²) >= 11 is 0. The molecule has 0 bridgehead atoms. The molecule has 14 nitrogen and oxygen atoms in total. The fraction of sp³-hybridized carbons (Fsp3) is 0.211. The largest absolute Gasteiger partial charge is 0.489 e. The second-order valence-electron chi connectivity index (χ2n) is 25.8. The van der Waals surface area contributed by atoms with Crippen molar-refractivity contribution in [3.05, 3.63) is 239 Å². The van der Waals surface area contributed by atoms with Gasteiger partial charge in [-0.15, -0.1) is 30.6 Å². The van der Waals surface area contributed by atoms with Crippen LogP contribution in [0.15, 0.2) is 213 Å². The van der Waals surface area contributed by atoms with E-state index in [-0.39, 0.29) is 42.7 Å². The molecular formula is C76H69N7O7. The molecule has 4 aromatic heterocycles. The average molecular weight is 1190 g/mol. The quantitative estimate of drug-likeness (QED) is 0.0862. The molecule has 450 valence electrons. The molecule has 13 aromatic rings. The third-order valence-corrected chi connectivity index (χ3v) is 16.0. The Kier molecular flexibility index (Phi) is 15.7. The summed E-state index contributed by atoms with van der Waals surface area (Å²) in [5.74, 6) is 4.64. The number of nitrogens with one attached hydrogen (secondary N) is 1. The molecule has 14 heteroatoms. The maximum atomic E-state index is 6.84. The van der Waals surface area contributed by atoms with Crippen LogP contribution in [0.1, 0.15) is 101 Å². The lowest BCUT2D eigenvalue weighted by Crippen LogP contribution is -2.10. The van der Waals surface area contributed by atoms with Gasteiger partial charge in [0.15, 0.2) is 11.5 Å². The van der Waals surface area contributed by atoms with Gasteiger partial charge in [0.25, 0.3) is 0 Å². The van der Waals surface area contributed by atoms with Crippen LogP contribution >= 0.6 is 0 Å². The van der Waals surface area contributed by atoms with Crippen LogP contribution in [0.2, 0.25) is 0 Å². The van der Waals surface area contributed by atoms with E-state index in [9.17, 15) is 0 Å². The number of aromatic amines is 1. The van der Waals surface area contributed by atoms with E-state index in [0.29, 0.717) is 58.3 Å². The molecule has 0 unspecified atom stereocenters. The Morgan fingerprint density at radius 1 is 0.311 bits per heavy atom. The van der Waals surface area contributed by atoms with E-state index in [1.54, 1.807) is 0 Å². The van der Waals surface area contributed by atoms with Crippen molar-refractivity contribution in [1.29, 1.82) is 0 Å². The van der Waals surface area contributed by atoms with Crippen LogP contribution in [0, 0.1) is 0 Å². The van der Waals surface area contributed by atoms with Gasteiger partial charge in [0.1, 0.15) is 32.2 Å². The van der Waals surface area contributed by atoms with Crippen LogP contribution in [0.5, 0.6) is 23.0 Å². The Morgan fingerprint density at radius 3 is 1.00 bits per heavy atom. The van der Waals surface area contributed by atoms with Crippen molar-refractivity contribution in [2.24, 2.45) is 0 Å². The number of fused-ring (bicyclic) bond motifs is 3. The van der Waals surface area contributed by atoms with Crippen molar-refractivity contribution < 1.29 is 32.2 Å². The minimum atomic E-state index is 0.0254. The molecular weight excluding hydrogens is 1120 g/mol. The van der Waals surface area contributed by atoms with E-state index in [1.165, 1.54) is 16.7 Å². The third-order valence-electron chi connectivity index (χ3n) is 16.0. The molecule has 0 amide bonds. The Hall–Kier alpha value is -10.6. The summed E-state index contributed by atoms with van der Waals surface area (Å²) in [5, 5.41) is 28.6. The highest BCUT2D eigenvalue weighted by atomic mass is 16.5. The number of ether oxygens (including phenoxy) is 4. The Morgan fingerprint density at radius 2 is 0.633 bits per heavy atom. The highest BCUT2D eigenvalue weighted by Crippen LogP contribution is 2.42. The monoisotopic (exact) mass is 1190 g/mol. The number of hydrogen-bond acceptors (Lipinski definition) is 13. The van der Waals surface area contributed by atoms with Gasteiger partial charge in [-0.25, -0.2) is 0 Å². The number of aromatic nitrogens is 7. The summed E-state index contributed by atoms with van der Waals surface area (Å²) in [6.45, 7) is 20.5. The van der Waals surface area contributed by atoms with Gasteiger partial charge in [-0.3, -0.25) is 0 Å². The number of H-pyrrole nitrogens is 1. The summed E-state index contributed by atoms with van der Waals surface area (Å²) in [6.07, 6.45) is 0. The molecule has 0 aliphatic rings. The molecule has 0 aliphatic heterocycles. The lowest BCUT2D eigenvalue weighted by atomic mass is 9.87. The first-order valence-corrected chi connectivity index (χ1v) is 30.2. The second kappa shape index (κ2) is 24.2. The SMILES string of the molecule is CC(C)(C)c1ccc(-c2nnc(-c3ccc(COc4cc(COc5ccc6c(c5)[nH]c5ccccc56)cc(OCc5ccc(-c6nnc(-c7ccc(C(C)(C)C)cc7)o6)cc5)c4OCc4ccc(-c5nnc(-c6ccc(C(C)(C)C)cc6)o5)cc4)cc3)o2)cc1. The van der Waals surface area contributed by atoms with Gasteiger partial charge in [0, 0.05) is 55.7 Å². The van der Waals surface area contributed by atoms with Gasteiger partial charge in [0.05, 0.1) is 5.52 Å². The first-order chi connectivity index (χ1) is 43.4. The molecule has 90 heavy (non-hydrogen) atoms. The van der Waals surface area contributed by atoms with Crippen molar-refractivity contribution >= 4 is 21.8 Å². The van der Waals surface area contributed by atoms with E-state index in [4.69, 9.17) is 32.2 Å². The van der Waals surface area contributed by atoms with Crippen molar-refractivity contribution in [2.45, 2.75) is 105 Å². The van der Waals surface area contributed by atoms with Crippen LogP contribution in [-0.4, -0.2) is 35.6 Å². The van der Waals surface area contributed by atoms with Gasteiger partial charge < -0.3 is 37.2 Å². The van der Waals surface area contributed by atoms with Crippen molar-refractivity contribution in [2.75, 3.05) is 0 Å². The van der Waals surface area contributed by atoms with E-state index < -0.39 is 0 Å². The molecule has 4 heterocycles. The Labute approximate surface area is 522 Å². The first-order valence-electron chi connectivity index (χ1n) is 30.2. The first kappa shape index (κ1) is 58.4. The normalized spacial score (nSPS) is 12.0. The van der Waals surface area contributed by atoms with Gasteiger partial charge in [-0.05, 0) is 158 Å². The van der Waals surface area contributed by atoms with Crippen LogP contribution in [0.25, 0.3) is 90.5 Å². The zero-order valence-electron chi connectivity index (χ0n) is 51.9. The molecule has 0 atom stereocenters. The van der Waals surface area contributed by atoms with Gasteiger partial charge >= 0.3 is 0 Å². The third kappa shape index (κ3) is 13.0. The van der Waals surface area contributed by atoms with E-state index in [1.807, 2.05) is 146 Å². The summed E-state index contributed by atoms with van der Waals surface area (Å²) < 4.78 is 45.6. The van der Waals surface area contributed by atoms with E-state index >= 15 is 0 Å². The van der Waals surface area contributed by atoms with E-state index in [0.717, 1.165) is 77.4 Å². The van der Waals surface area contributed by atoms with Crippen molar-refractivity contribution in [3.63, 3.8) is 0 Å². The Bertz CT molecular complexity index is 4460. The van der Waals surface area contributed by atoms with Gasteiger partial charge in [-0.1, -0.05) is 153 Å². The minimum Gasteiger partial charge on any atom is -0.489 e. The molecule has 9 aromatic carbocycles. The molecule has 1 N–H and O–H groups in total. The molecule has 0 saturated heterocycles. The summed E-state index contributed by atoms with van der Waals surface area (Å²) in [7, 11) is 0. The zero-order valence-corrected chi connectivity index (χ0v) is 51.9. The molecule has 13 rings (SSSR count). The zero-order chi connectivity index (χ0) is 62.2. The average Bonchev–Trinajstić information content (AvgIpc) is 1.84. The van der Waals surface area contributed by atoms with Crippen LogP contribution in [0.4, 0.5) is 0 Å². The lowest BCUT2D eigenvalue weighted by molar-refractivity contribution is 0.228. The molecule has 0 radical (unpaired) electrons. The number of nitrogens with zero attached hydrogens (tertiary/aromatic N) is 6. The summed E-state index contributed by atoms with van der Waals surface area (Å²) in [4.78, 5) is 3.54. The lowest BCUT2D eigenvalue weighted by Gasteiger charge is -2.19. The topological polar surface area (TPSA) is 169 Å².